The molecule has 0 bridgehead atoms. The Labute approximate surface area is 184 Å². The van der Waals surface area contributed by atoms with Crippen LogP contribution in [0.15, 0.2) is 48.7 Å². The third-order valence-corrected chi connectivity index (χ3v) is 6.14. The Hall–Kier alpha value is -2.90. The first-order valence-corrected chi connectivity index (χ1v) is 10.6. The van der Waals surface area contributed by atoms with Crippen LogP contribution in [-0.4, -0.2) is 34.6 Å². The number of nitro groups is 1. The Bertz CT molecular complexity index is 1120. The highest BCUT2D eigenvalue weighted by Gasteiger charge is 2.32. The minimum absolute atomic E-state index is 0.0113. The third-order valence-electron chi connectivity index (χ3n) is 5.91. The van der Waals surface area contributed by atoms with E-state index in [4.69, 9.17) is 16.3 Å². The fourth-order valence-corrected chi connectivity index (χ4v) is 4.43. The SMILES string of the molecule is C[C@@]1(CNC(=O)C[C@H](c2ccccc2[N+](=O)[O-])c2c[nH]c3ccc(Cl)cc23)CCCO1. The Balaban J connectivity index is 1.68. The molecule has 1 aromatic heterocycles. The first kappa shape index (κ1) is 21.3. The Kier molecular flexibility index (Phi) is 5.98. The molecule has 0 unspecified atom stereocenters. The molecule has 2 N–H and O–H groups in total. The zero-order valence-electron chi connectivity index (χ0n) is 17.2. The van der Waals surface area contributed by atoms with Crippen LogP contribution in [0.2, 0.25) is 5.02 Å². The highest BCUT2D eigenvalue weighted by atomic mass is 35.5. The number of H-pyrrole nitrogens is 1. The molecule has 0 spiro atoms. The van der Waals surface area contributed by atoms with Gasteiger partial charge in [-0.3, -0.25) is 14.9 Å². The van der Waals surface area contributed by atoms with Gasteiger partial charge in [-0.1, -0.05) is 29.8 Å². The zero-order chi connectivity index (χ0) is 22.0. The monoisotopic (exact) mass is 441 g/mol. The number of nitrogens with one attached hydrogen (secondary N) is 2. The Morgan fingerprint density at radius 2 is 2.13 bits per heavy atom. The van der Waals surface area contributed by atoms with Crippen LogP contribution in [0, 0.1) is 10.1 Å². The minimum Gasteiger partial charge on any atom is -0.373 e. The van der Waals surface area contributed by atoms with Crippen molar-refractivity contribution in [2.24, 2.45) is 0 Å². The fraction of sp³-hybridized carbons (Fsp3) is 0.348. The molecule has 1 fully saturated rings. The van der Waals surface area contributed by atoms with Gasteiger partial charge in [0.15, 0.2) is 0 Å². The lowest BCUT2D eigenvalue weighted by molar-refractivity contribution is -0.385. The molecule has 1 saturated heterocycles. The van der Waals surface area contributed by atoms with Crippen LogP contribution < -0.4 is 5.32 Å². The van der Waals surface area contributed by atoms with Crippen LogP contribution >= 0.6 is 11.6 Å². The number of amides is 1. The largest absolute Gasteiger partial charge is 0.373 e. The predicted molar refractivity (Wildman–Crippen MR) is 119 cm³/mol. The van der Waals surface area contributed by atoms with Gasteiger partial charge in [-0.25, -0.2) is 0 Å². The van der Waals surface area contributed by atoms with Crippen LogP contribution in [0.4, 0.5) is 5.69 Å². The molecule has 7 nitrogen and oxygen atoms in total. The molecule has 162 valence electrons. The predicted octanol–water partition coefficient (Wildman–Crippen LogP) is 4.94. The van der Waals surface area contributed by atoms with Gasteiger partial charge in [-0.2, -0.15) is 0 Å². The second-order valence-corrected chi connectivity index (χ2v) is 8.62. The van der Waals surface area contributed by atoms with Gasteiger partial charge in [0.25, 0.3) is 5.69 Å². The van der Waals surface area contributed by atoms with Crippen molar-refractivity contribution >= 4 is 34.1 Å². The van der Waals surface area contributed by atoms with E-state index in [1.54, 1.807) is 30.5 Å². The van der Waals surface area contributed by atoms with E-state index in [0.29, 0.717) is 23.7 Å². The van der Waals surface area contributed by atoms with Crippen LogP contribution in [-0.2, 0) is 9.53 Å². The summed E-state index contributed by atoms with van der Waals surface area (Å²) in [5, 5.41) is 16.1. The molecular formula is C23H24ClN3O4. The third kappa shape index (κ3) is 4.57. The van der Waals surface area contributed by atoms with Gasteiger partial charge in [0.05, 0.1) is 10.5 Å². The number of nitrogens with zero attached hydrogens (tertiary/aromatic N) is 1. The number of carbonyl (C=O) groups is 1. The summed E-state index contributed by atoms with van der Waals surface area (Å²) in [5.74, 6) is -0.692. The number of aromatic amines is 1. The highest BCUT2D eigenvalue weighted by Crippen LogP contribution is 2.38. The maximum absolute atomic E-state index is 12.9. The number of aromatic nitrogens is 1. The van der Waals surface area contributed by atoms with E-state index in [1.807, 2.05) is 19.1 Å². The Morgan fingerprint density at radius 1 is 1.32 bits per heavy atom. The summed E-state index contributed by atoms with van der Waals surface area (Å²) in [7, 11) is 0. The number of halogens is 1. The normalized spacial score (nSPS) is 19.4. The van der Waals surface area contributed by atoms with Crippen LogP contribution in [0.25, 0.3) is 10.9 Å². The van der Waals surface area contributed by atoms with E-state index in [2.05, 4.69) is 10.3 Å². The maximum Gasteiger partial charge on any atom is 0.273 e. The summed E-state index contributed by atoms with van der Waals surface area (Å²) in [6.45, 7) is 3.10. The summed E-state index contributed by atoms with van der Waals surface area (Å²) in [5.41, 5.74) is 1.77. The quantitative estimate of drug-likeness (QED) is 0.401. The molecule has 8 heteroatoms. The smallest absolute Gasteiger partial charge is 0.273 e. The molecule has 2 atom stereocenters. The van der Waals surface area contributed by atoms with Crippen molar-refractivity contribution in [2.75, 3.05) is 13.2 Å². The minimum atomic E-state index is -0.508. The summed E-state index contributed by atoms with van der Waals surface area (Å²) < 4.78 is 5.75. The summed E-state index contributed by atoms with van der Waals surface area (Å²) in [6, 6.07) is 12.0. The summed E-state index contributed by atoms with van der Waals surface area (Å²) >= 11 is 6.21. The molecule has 31 heavy (non-hydrogen) atoms. The molecule has 0 saturated carbocycles. The van der Waals surface area contributed by atoms with E-state index < -0.39 is 10.8 Å². The lowest BCUT2D eigenvalue weighted by Crippen LogP contribution is -2.40. The van der Waals surface area contributed by atoms with Crippen molar-refractivity contribution < 1.29 is 14.5 Å². The highest BCUT2D eigenvalue weighted by molar-refractivity contribution is 6.31. The molecule has 0 aliphatic carbocycles. The van der Waals surface area contributed by atoms with E-state index in [9.17, 15) is 14.9 Å². The summed E-state index contributed by atoms with van der Waals surface area (Å²) in [6.07, 6.45) is 3.74. The van der Waals surface area contributed by atoms with Gasteiger partial charge in [0.2, 0.25) is 5.91 Å². The molecule has 4 rings (SSSR count). The first-order valence-electron chi connectivity index (χ1n) is 10.3. The van der Waals surface area contributed by atoms with Crippen molar-refractivity contribution in [1.82, 2.24) is 10.3 Å². The lowest BCUT2D eigenvalue weighted by atomic mass is 9.87. The van der Waals surface area contributed by atoms with Crippen LogP contribution in [0.1, 0.15) is 43.2 Å². The number of nitro benzene ring substituents is 1. The lowest BCUT2D eigenvalue weighted by Gasteiger charge is -2.24. The van der Waals surface area contributed by atoms with E-state index in [0.717, 1.165) is 29.3 Å². The maximum atomic E-state index is 12.9. The number of hydrogen-bond donors (Lipinski definition) is 2. The Morgan fingerprint density at radius 3 is 2.87 bits per heavy atom. The van der Waals surface area contributed by atoms with Gasteiger partial charge in [0, 0.05) is 59.2 Å². The molecule has 1 amide bonds. The van der Waals surface area contributed by atoms with E-state index in [1.165, 1.54) is 6.07 Å². The second kappa shape index (κ2) is 8.69. The van der Waals surface area contributed by atoms with Crippen molar-refractivity contribution in [1.29, 1.82) is 0 Å². The molecule has 0 radical (unpaired) electrons. The number of fused-ring (bicyclic) bond motifs is 1. The number of hydrogen-bond acceptors (Lipinski definition) is 4. The van der Waals surface area contributed by atoms with Crippen molar-refractivity contribution in [3.8, 4) is 0 Å². The second-order valence-electron chi connectivity index (χ2n) is 8.19. The van der Waals surface area contributed by atoms with Crippen LogP contribution in [0.3, 0.4) is 0 Å². The zero-order valence-corrected chi connectivity index (χ0v) is 17.9. The number of ether oxygens (including phenoxy) is 1. The fourth-order valence-electron chi connectivity index (χ4n) is 4.26. The topological polar surface area (TPSA) is 97.3 Å². The summed E-state index contributed by atoms with van der Waals surface area (Å²) in [4.78, 5) is 27.4. The molecule has 3 aromatic rings. The number of benzene rings is 2. The molecule has 1 aliphatic rings. The standard InChI is InChI=1S/C23H24ClN3O4/c1-23(9-4-10-31-23)14-26-22(28)12-17(16-5-2-3-6-21(16)27(29)30)19-13-25-20-8-7-15(24)11-18(19)20/h2-3,5-8,11,13,17,25H,4,9-10,12,14H2,1H3,(H,26,28)/t17-,23+/m1/s1. The van der Waals surface area contributed by atoms with Gasteiger partial charge in [-0.15, -0.1) is 0 Å². The van der Waals surface area contributed by atoms with Crippen molar-refractivity contribution in [3.05, 3.63) is 74.9 Å². The molecule has 2 aromatic carbocycles. The molecular weight excluding hydrogens is 418 g/mol. The van der Waals surface area contributed by atoms with E-state index in [-0.39, 0.29) is 23.6 Å². The van der Waals surface area contributed by atoms with Gasteiger partial charge in [0.1, 0.15) is 0 Å². The van der Waals surface area contributed by atoms with Crippen LogP contribution in [0.5, 0.6) is 0 Å². The van der Waals surface area contributed by atoms with E-state index >= 15 is 0 Å². The molecule has 2 heterocycles. The van der Waals surface area contributed by atoms with Crippen molar-refractivity contribution in [3.63, 3.8) is 0 Å². The number of para-hydroxylation sites is 1. The van der Waals surface area contributed by atoms with Crippen molar-refractivity contribution in [2.45, 2.75) is 37.7 Å². The average Bonchev–Trinajstić information content (AvgIpc) is 3.37. The molecule has 1 aliphatic heterocycles. The van der Waals surface area contributed by atoms with Gasteiger partial charge < -0.3 is 15.0 Å². The van der Waals surface area contributed by atoms with Gasteiger partial charge in [-0.05, 0) is 43.5 Å². The number of rotatable bonds is 7. The number of carbonyl (C=O) groups excluding carboxylic acids is 1. The average molecular weight is 442 g/mol. The van der Waals surface area contributed by atoms with Gasteiger partial charge >= 0.3 is 0 Å². The first-order chi connectivity index (χ1) is 14.9.